The van der Waals surface area contributed by atoms with E-state index >= 15 is 0 Å². The number of anilines is 1. The molecule has 2 rings (SSSR count). The molecule has 4 nitrogen and oxygen atoms in total. The van der Waals surface area contributed by atoms with Gasteiger partial charge in [0.05, 0.1) is 7.11 Å². The van der Waals surface area contributed by atoms with E-state index in [2.05, 4.69) is 16.3 Å². The van der Waals surface area contributed by atoms with Crippen LogP contribution < -0.4 is 9.64 Å². The van der Waals surface area contributed by atoms with Crippen molar-refractivity contribution < 1.29 is 13.9 Å². The first-order valence-corrected chi connectivity index (χ1v) is 5.89. The summed E-state index contributed by atoms with van der Waals surface area (Å²) in [7, 11) is 1.46. The second-order valence-electron chi connectivity index (χ2n) is 4.04. The third-order valence-corrected chi connectivity index (χ3v) is 2.89. The Kier molecular flexibility index (Phi) is 4.02. The average molecular weight is 251 g/mol. The molecule has 0 fully saturated rings. The number of benzene rings is 1. The predicted molar refractivity (Wildman–Crippen MR) is 68.0 cm³/mol. The van der Waals surface area contributed by atoms with Crippen LogP contribution in [0.4, 0.5) is 10.1 Å². The monoisotopic (exact) mass is 251 g/mol. The summed E-state index contributed by atoms with van der Waals surface area (Å²) in [5.74, 6) is -0.100. The maximum Gasteiger partial charge on any atom is 0.273 e. The lowest BCUT2D eigenvalue weighted by atomic mass is 10.2. The standard InChI is InChI=1S/C13H16FN2O2/c1-3-16(7-10-8-18-9-15-10)11-4-5-12(14)13(6-11)17-2/h4-6,10H,3,7-8H2,1-2H3. The molecular formula is C13H16FN2O2. The van der Waals surface area contributed by atoms with Crippen molar-refractivity contribution in [2.75, 3.05) is 31.7 Å². The number of nitrogens with zero attached hydrogens (tertiary/aromatic N) is 2. The first-order chi connectivity index (χ1) is 8.74. The summed E-state index contributed by atoms with van der Waals surface area (Å²) in [6.07, 6.45) is 2.50. The number of hydrogen-bond donors (Lipinski definition) is 0. The van der Waals surface area contributed by atoms with Gasteiger partial charge in [-0.15, -0.1) is 0 Å². The minimum atomic E-state index is -0.354. The molecule has 1 aromatic rings. The van der Waals surface area contributed by atoms with Crippen molar-refractivity contribution in [3.8, 4) is 5.75 Å². The van der Waals surface area contributed by atoms with Crippen molar-refractivity contribution in [3.63, 3.8) is 0 Å². The molecule has 1 atom stereocenters. The van der Waals surface area contributed by atoms with E-state index in [0.29, 0.717) is 6.61 Å². The molecule has 0 saturated carbocycles. The molecule has 1 aromatic carbocycles. The van der Waals surface area contributed by atoms with Gasteiger partial charge >= 0.3 is 0 Å². The highest BCUT2D eigenvalue weighted by molar-refractivity contribution is 5.53. The smallest absolute Gasteiger partial charge is 0.273 e. The molecule has 0 bridgehead atoms. The van der Waals surface area contributed by atoms with E-state index in [1.54, 1.807) is 12.1 Å². The van der Waals surface area contributed by atoms with Gasteiger partial charge in [-0.1, -0.05) is 0 Å². The Morgan fingerprint density at radius 2 is 2.44 bits per heavy atom. The first-order valence-electron chi connectivity index (χ1n) is 5.89. The fourth-order valence-electron chi connectivity index (χ4n) is 1.89. The van der Waals surface area contributed by atoms with E-state index in [0.717, 1.165) is 18.8 Å². The van der Waals surface area contributed by atoms with Gasteiger partial charge < -0.3 is 14.4 Å². The van der Waals surface area contributed by atoms with Gasteiger partial charge in [0.15, 0.2) is 11.6 Å². The van der Waals surface area contributed by atoms with Crippen LogP contribution in [0.1, 0.15) is 6.92 Å². The molecule has 0 spiro atoms. The summed E-state index contributed by atoms with van der Waals surface area (Å²) >= 11 is 0. The van der Waals surface area contributed by atoms with E-state index in [1.165, 1.54) is 13.2 Å². The van der Waals surface area contributed by atoms with Crippen LogP contribution in [0.3, 0.4) is 0 Å². The molecule has 18 heavy (non-hydrogen) atoms. The minimum Gasteiger partial charge on any atom is -0.494 e. The van der Waals surface area contributed by atoms with Gasteiger partial charge in [-0.2, -0.15) is 0 Å². The maximum absolute atomic E-state index is 13.4. The highest BCUT2D eigenvalue weighted by Gasteiger charge is 2.17. The van der Waals surface area contributed by atoms with Gasteiger partial charge in [0.1, 0.15) is 12.6 Å². The highest BCUT2D eigenvalue weighted by Crippen LogP contribution is 2.24. The second-order valence-corrected chi connectivity index (χ2v) is 4.04. The number of rotatable bonds is 5. The Hall–Kier alpha value is -1.78. The molecule has 1 unspecified atom stereocenters. The quantitative estimate of drug-likeness (QED) is 0.802. The Labute approximate surface area is 106 Å². The summed E-state index contributed by atoms with van der Waals surface area (Å²) in [4.78, 5) is 6.19. The minimum absolute atomic E-state index is 0.0843. The number of likely N-dealkylation sites (N-methyl/N-ethyl adjacent to an activating group) is 1. The Bertz CT molecular complexity index is 437. The van der Waals surface area contributed by atoms with Crippen LogP contribution in [0, 0.1) is 5.82 Å². The second kappa shape index (κ2) is 5.71. The zero-order valence-corrected chi connectivity index (χ0v) is 10.5. The summed E-state index contributed by atoms with van der Waals surface area (Å²) in [5, 5.41) is 0. The normalized spacial score (nSPS) is 17.6. The van der Waals surface area contributed by atoms with E-state index in [1.807, 2.05) is 6.92 Å². The summed E-state index contributed by atoms with van der Waals surface area (Å²) < 4.78 is 23.3. The Balaban J connectivity index is 2.13. The molecular weight excluding hydrogens is 235 g/mol. The predicted octanol–water partition coefficient (Wildman–Crippen LogP) is 1.96. The highest BCUT2D eigenvalue weighted by atomic mass is 19.1. The molecule has 1 aliphatic heterocycles. The molecule has 0 N–H and O–H groups in total. The largest absolute Gasteiger partial charge is 0.494 e. The van der Waals surface area contributed by atoms with Gasteiger partial charge in [-0.25, -0.2) is 9.38 Å². The lowest BCUT2D eigenvalue weighted by Crippen LogP contribution is -2.32. The lowest BCUT2D eigenvalue weighted by Gasteiger charge is -2.25. The molecule has 0 aliphatic carbocycles. The third-order valence-electron chi connectivity index (χ3n) is 2.89. The fourth-order valence-corrected chi connectivity index (χ4v) is 1.89. The molecule has 1 heterocycles. The Morgan fingerprint density at radius 3 is 3.06 bits per heavy atom. The van der Waals surface area contributed by atoms with E-state index in [4.69, 9.17) is 9.47 Å². The summed E-state index contributed by atoms with van der Waals surface area (Å²) in [6.45, 7) is 4.12. The zero-order valence-electron chi connectivity index (χ0n) is 10.5. The van der Waals surface area contributed by atoms with Crippen molar-refractivity contribution in [2.24, 2.45) is 4.99 Å². The fraction of sp³-hybridized carbons (Fsp3) is 0.462. The van der Waals surface area contributed by atoms with Crippen LogP contribution >= 0.6 is 0 Å². The van der Waals surface area contributed by atoms with Gasteiger partial charge in [0.25, 0.3) is 6.40 Å². The van der Waals surface area contributed by atoms with Crippen molar-refractivity contribution in [1.29, 1.82) is 0 Å². The number of halogens is 1. The van der Waals surface area contributed by atoms with Crippen molar-refractivity contribution in [2.45, 2.75) is 13.0 Å². The van der Waals surface area contributed by atoms with Crippen LogP contribution in [0.2, 0.25) is 0 Å². The van der Waals surface area contributed by atoms with Gasteiger partial charge in [0.2, 0.25) is 0 Å². The van der Waals surface area contributed by atoms with E-state index < -0.39 is 0 Å². The van der Waals surface area contributed by atoms with Crippen LogP contribution in [-0.4, -0.2) is 39.2 Å². The van der Waals surface area contributed by atoms with Gasteiger partial charge in [-0.3, -0.25) is 0 Å². The lowest BCUT2D eigenvalue weighted by molar-refractivity contribution is 0.328. The molecule has 0 saturated heterocycles. The average Bonchev–Trinajstić information content (AvgIpc) is 2.89. The third kappa shape index (κ3) is 2.72. The number of aliphatic imine (C=N–C) groups is 1. The topological polar surface area (TPSA) is 34.1 Å². The molecule has 5 heteroatoms. The molecule has 0 amide bonds. The first kappa shape index (κ1) is 12.7. The molecule has 97 valence electrons. The maximum atomic E-state index is 13.4. The molecule has 1 aliphatic rings. The van der Waals surface area contributed by atoms with Crippen LogP contribution in [0.5, 0.6) is 5.75 Å². The summed E-state index contributed by atoms with van der Waals surface area (Å²) in [5.41, 5.74) is 0.915. The SMILES string of the molecule is CCN(CC1CO[C]=N1)c1ccc(F)c(OC)c1. The number of methoxy groups -OCH3 is 1. The van der Waals surface area contributed by atoms with Crippen molar-refractivity contribution in [1.82, 2.24) is 0 Å². The van der Waals surface area contributed by atoms with E-state index in [-0.39, 0.29) is 17.6 Å². The summed E-state index contributed by atoms with van der Waals surface area (Å²) in [6, 6.07) is 4.94. The number of ether oxygens (including phenoxy) is 2. The van der Waals surface area contributed by atoms with Gasteiger partial charge in [-0.05, 0) is 19.1 Å². The molecule has 0 aromatic heterocycles. The Morgan fingerprint density at radius 1 is 1.61 bits per heavy atom. The zero-order chi connectivity index (χ0) is 13.0. The van der Waals surface area contributed by atoms with E-state index in [9.17, 15) is 4.39 Å². The molecule has 1 radical (unpaired) electrons. The van der Waals surface area contributed by atoms with Crippen molar-refractivity contribution in [3.05, 3.63) is 24.0 Å². The van der Waals surface area contributed by atoms with Crippen molar-refractivity contribution >= 4 is 12.1 Å². The number of hydrogen-bond acceptors (Lipinski definition) is 4. The van der Waals surface area contributed by atoms with Crippen LogP contribution in [-0.2, 0) is 4.74 Å². The van der Waals surface area contributed by atoms with Crippen LogP contribution in [0.15, 0.2) is 23.2 Å². The van der Waals surface area contributed by atoms with Crippen LogP contribution in [0.25, 0.3) is 0 Å². The van der Waals surface area contributed by atoms with Gasteiger partial charge in [0, 0.05) is 24.8 Å².